The lowest BCUT2D eigenvalue weighted by Gasteiger charge is -2.03. The minimum atomic E-state index is -0.954. The van der Waals surface area contributed by atoms with Gasteiger partial charge >= 0.3 is 5.97 Å². The Kier molecular flexibility index (Phi) is 3.06. The highest BCUT2D eigenvalue weighted by atomic mass is 16.5. The third-order valence-corrected chi connectivity index (χ3v) is 2.77. The first-order chi connectivity index (χ1) is 8.52. The van der Waals surface area contributed by atoms with Crippen molar-refractivity contribution in [2.45, 2.75) is 13.5 Å². The standard InChI is InChI=1S/C13H13NO4/c1-8(15)11-6-14(7-13(16)17)12-5-9(18-2)3-4-10(11)12/h3-6H,7H2,1-2H3,(H,16,17). The zero-order valence-electron chi connectivity index (χ0n) is 10.1. The zero-order valence-corrected chi connectivity index (χ0v) is 10.1. The van der Waals surface area contributed by atoms with Crippen LogP contribution in [0.1, 0.15) is 17.3 Å². The lowest BCUT2D eigenvalue weighted by Crippen LogP contribution is -2.07. The van der Waals surface area contributed by atoms with Crippen LogP contribution in [0.4, 0.5) is 0 Å². The number of aromatic nitrogens is 1. The molecule has 5 heteroatoms. The molecule has 0 unspecified atom stereocenters. The maximum absolute atomic E-state index is 11.5. The van der Waals surface area contributed by atoms with E-state index in [1.54, 1.807) is 24.4 Å². The van der Waals surface area contributed by atoms with Gasteiger partial charge in [0.2, 0.25) is 0 Å². The van der Waals surface area contributed by atoms with Gasteiger partial charge in [0.15, 0.2) is 5.78 Å². The normalized spacial score (nSPS) is 10.6. The Morgan fingerprint density at radius 3 is 2.67 bits per heavy atom. The van der Waals surface area contributed by atoms with E-state index in [0.717, 1.165) is 5.39 Å². The van der Waals surface area contributed by atoms with Crippen molar-refractivity contribution in [2.75, 3.05) is 7.11 Å². The number of carbonyl (C=O) groups is 2. The van der Waals surface area contributed by atoms with Crippen molar-refractivity contribution >= 4 is 22.7 Å². The quantitative estimate of drug-likeness (QED) is 0.838. The molecule has 2 rings (SSSR count). The molecule has 0 bridgehead atoms. The number of carboxylic acid groups (broad SMARTS) is 1. The Labute approximate surface area is 104 Å². The second kappa shape index (κ2) is 4.52. The number of hydrogen-bond donors (Lipinski definition) is 1. The summed E-state index contributed by atoms with van der Waals surface area (Å²) in [6.45, 7) is 1.28. The molecule has 0 radical (unpaired) electrons. The minimum absolute atomic E-state index is 0.0886. The van der Waals surface area contributed by atoms with Gasteiger partial charge in [-0.3, -0.25) is 9.59 Å². The first-order valence-corrected chi connectivity index (χ1v) is 5.42. The van der Waals surface area contributed by atoms with E-state index in [0.29, 0.717) is 16.8 Å². The van der Waals surface area contributed by atoms with E-state index >= 15 is 0 Å². The molecular formula is C13H13NO4. The third-order valence-electron chi connectivity index (χ3n) is 2.77. The van der Waals surface area contributed by atoms with Gasteiger partial charge in [-0.05, 0) is 19.1 Å². The average molecular weight is 247 g/mol. The largest absolute Gasteiger partial charge is 0.497 e. The van der Waals surface area contributed by atoms with E-state index < -0.39 is 5.97 Å². The monoisotopic (exact) mass is 247 g/mol. The van der Waals surface area contributed by atoms with Gasteiger partial charge in [0, 0.05) is 23.2 Å². The summed E-state index contributed by atoms with van der Waals surface area (Å²) in [7, 11) is 1.54. The summed E-state index contributed by atoms with van der Waals surface area (Å²) >= 11 is 0. The third kappa shape index (κ3) is 2.07. The first-order valence-electron chi connectivity index (χ1n) is 5.42. The number of carboxylic acids is 1. The molecule has 18 heavy (non-hydrogen) atoms. The van der Waals surface area contributed by atoms with Crippen molar-refractivity contribution in [3.63, 3.8) is 0 Å². The summed E-state index contributed by atoms with van der Waals surface area (Å²) in [5, 5.41) is 9.60. The van der Waals surface area contributed by atoms with E-state index in [9.17, 15) is 9.59 Å². The van der Waals surface area contributed by atoms with E-state index in [4.69, 9.17) is 9.84 Å². The molecule has 1 heterocycles. The van der Waals surface area contributed by atoms with Crippen molar-refractivity contribution in [1.29, 1.82) is 0 Å². The number of rotatable bonds is 4. The number of ether oxygens (including phenoxy) is 1. The molecule has 5 nitrogen and oxygen atoms in total. The van der Waals surface area contributed by atoms with E-state index in [2.05, 4.69) is 0 Å². The van der Waals surface area contributed by atoms with Gasteiger partial charge in [-0.25, -0.2) is 0 Å². The highest BCUT2D eigenvalue weighted by Crippen LogP contribution is 2.26. The summed E-state index contributed by atoms with van der Waals surface area (Å²) in [6.07, 6.45) is 1.57. The molecule has 94 valence electrons. The molecule has 0 aliphatic carbocycles. The molecule has 1 N–H and O–H groups in total. The van der Waals surface area contributed by atoms with Crippen LogP contribution in [0.3, 0.4) is 0 Å². The number of aliphatic carboxylic acids is 1. The molecule has 0 spiro atoms. The average Bonchev–Trinajstić information content (AvgIpc) is 2.67. The summed E-state index contributed by atoms with van der Waals surface area (Å²) in [5.41, 5.74) is 1.20. The molecule has 1 aromatic carbocycles. The Balaban J connectivity index is 2.68. The summed E-state index contributed by atoms with van der Waals surface area (Å²) in [5.74, 6) is -0.415. The van der Waals surface area contributed by atoms with Crippen LogP contribution in [0.5, 0.6) is 5.75 Å². The summed E-state index contributed by atoms with van der Waals surface area (Å²) < 4.78 is 6.64. The highest BCUT2D eigenvalue weighted by Gasteiger charge is 2.14. The van der Waals surface area contributed by atoms with Crippen molar-refractivity contribution in [1.82, 2.24) is 4.57 Å². The SMILES string of the molecule is COc1ccc2c(C(C)=O)cn(CC(=O)O)c2c1. The second-order valence-electron chi connectivity index (χ2n) is 4.00. The maximum Gasteiger partial charge on any atom is 0.323 e. The summed E-state index contributed by atoms with van der Waals surface area (Å²) in [4.78, 5) is 22.3. The summed E-state index contributed by atoms with van der Waals surface area (Å²) in [6, 6.07) is 5.24. The number of fused-ring (bicyclic) bond motifs is 1. The number of benzene rings is 1. The van der Waals surface area contributed by atoms with Gasteiger partial charge in [-0.2, -0.15) is 0 Å². The first kappa shape index (κ1) is 12.2. The van der Waals surface area contributed by atoms with Crippen molar-refractivity contribution < 1.29 is 19.4 Å². The fourth-order valence-electron chi connectivity index (χ4n) is 1.96. The molecule has 2 aromatic rings. The molecule has 0 saturated carbocycles. The van der Waals surface area contributed by atoms with Gasteiger partial charge < -0.3 is 14.4 Å². The van der Waals surface area contributed by atoms with Gasteiger partial charge in [0.25, 0.3) is 0 Å². The van der Waals surface area contributed by atoms with Crippen molar-refractivity contribution in [3.8, 4) is 5.75 Å². The van der Waals surface area contributed by atoms with Crippen LogP contribution in [0.25, 0.3) is 10.9 Å². The van der Waals surface area contributed by atoms with E-state index in [1.807, 2.05) is 0 Å². The number of Topliss-reactive ketones (excluding diaryl/α,β-unsaturated/α-hetero) is 1. The molecule has 0 saturated heterocycles. The Morgan fingerprint density at radius 2 is 2.11 bits per heavy atom. The number of hydrogen-bond acceptors (Lipinski definition) is 3. The molecule has 0 fully saturated rings. The highest BCUT2D eigenvalue weighted by molar-refractivity contribution is 6.07. The lowest BCUT2D eigenvalue weighted by molar-refractivity contribution is -0.137. The van der Waals surface area contributed by atoms with E-state index in [1.165, 1.54) is 18.6 Å². The van der Waals surface area contributed by atoms with Crippen molar-refractivity contribution in [3.05, 3.63) is 30.0 Å². The van der Waals surface area contributed by atoms with Crippen LogP contribution >= 0.6 is 0 Å². The predicted molar refractivity (Wildman–Crippen MR) is 66.1 cm³/mol. The number of methoxy groups -OCH3 is 1. The molecule has 1 aromatic heterocycles. The molecule has 0 amide bonds. The topological polar surface area (TPSA) is 68.5 Å². The smallest absolute Gasteiger partial charge is 0.323 e. The molecular weight excluding hydrogens is 234 g/mol. The van der Waals surface area contributed by atoms with Gasteiger partial charge in [0.05, 0.1) is 12.6 Å². The Morgan fingerprint density at radius 1 is 1.39 bits per heavy atom. The molecule has 0 aliphatic heterocycles. The number of nitrogens with zero attached hydrogens (tertiary/aromatic N) is 1. The predicted octanol–water partition coefficient (Wildman–Crippen LogP) is 1.94. The fourth-order valence-corrected chi connectivity index (χ4v) is 1.96. The van der Waals surface area contributed by atoms with Gasteiger partial charge in [-0.1, -0.05) is 0 Å². The number of ketones is 1. The van der Waals surface area contributed by atoms with Crippen LogP contribution in [0, 0.1) is 0 Å². The van der Waals surface area contributed by atoms with E-state index in [-0.39, 0.29) is 12.3 Å². The van der Waals surface area contributed by atoms with Crippen LogP contribution in [-0.4, -0.2) is 28.5 Å². The van der Waals surface area contributed by atoms with Crippen molar-refractivity contribution in [2.24, 2.45) is 0 Å². The van der Waals surface area contributed by atoms with Gasteiger partial charge in [0.1, 0.15) is 12.3 Å². The van der Waals surface area contributed by atoms with Gasteiger partial charge in [-0.15, -0.1) is 0 Å². The molecule has 0 atom stereocenters. The lowest BCUT2D eigenvalue weighted by atomic mass is 10.1. The molecule has 0 aliphatic rings. The Bertz CT molecular complexity index is 627. The van der Waals surface area contributed by atoms with Crippen LogP contribution < -0.4 is 4.74 Å². The maximum atomic E-state index is 11.5. The Hall–Kier alpha value is -2.30. The van der Waals surface area contributed by atoms with Crippen LogP contribution in [0.15, 0.2) is 24.4 Å². The zero-order chi connectivity index (χ0) is 13.3. The second-order valence-corrected chi connectivity index (χ2v) is 4.00. The van der Waals surface area contributed by atoms with Crippen LogP contribution in [-0.2, 0) is 11.3 Å². The number of carbonyl (C=O) groups excluding carboxylic acids is 1. The minimum Gasteiger partial charge on any atom is -0.497 e. The fraction of sp³-hybridized carbons (Fsp3) is 0.231. The van der Waals surface area contributed by atoms with Crippen LogP contribution in [0.2, 0.25) is 0 Å².